The molecule has 0 aliphatic carbocycles. The van der Waals surface area contributed by atoms with Crippen LogP contribution in [0.1, 0.15) is 12.0 Å². The first-order valence-corrected chi connectivity index (χ1v) is 14.5. The molecule has 2 aromatic carbocycles. The molecule has 1 aromatic heterocycles. The van der Waals surface area contributed by atoms with Crippen molar-refractivity contribution < 1.29 is 9.47 Å². The van der Waals surface area contributed by atoms with Crippen molar-refractivity contribution in [2.75, 3.05) is 77.6 Å². The molecule has 3 aromatic rings. The van der Waals surface area contributed by atoms with Crippen LogP contribution in [-0.2, 0) is 10.5 Å². The zero-order chi connectivity index (χ0) is 24.7. The van der Waals surface area contributed by atoms with Crippen LogP contribution in [-0.4, -0.2) is 92.4 Å². The third-order valence-corrected chi connectivity index (χ3v) is 8.35. The van der Waals surface area contributed by atoms with Gasteiger partial charge in [0.15, 0.2) is 5.82 Å². The van der Waals surface area contributed by atoms with Crippen LogP contribution < -0.4 is 9.64 Å². The molecule has 9 heteroatoms. The summed E-state index contributed by atoms with van der Waals surface area (Å²) in [6.45, 7) is 10.3. The van der Waals surface area contributed by atoms with Crippen LogP contribution in [0.5, 0.6) is 5.75 Å². The molecule has 0 saturated carbocycles. The van der Waals surface area contributed by atoms with Crippen molar-refractivity contribution in [2.24, 2.45) is 0 Å². The largest absolute Gasteiger partial charge is 0.496 e. The normalized spacial score (nSPS) is 17.6. The van der Waals surface area contributed by atoms with Gasteiger partial charge in [0, 0.05) is 55.1 Å². The van der Waals surface area contributed by atoms with E-state index in [-0.39, 0.29) is 0 Å². The lowest BCUT2D eigenvalue weighted by Crippen LogP contribution is -2.47. The summed E-state index contributed by atoms with van der Waals surface area (Å²) in [7, 11) is 1.72. The number of aromatic nitrogens is 2. The molecule has 7 nitrogen and oxygen atoms in total. The van der Waals surface area contributed by atoms with Crippen molar-refractivity contribution in [1.29, 1.82) is 0 Å². The molecule has 0 bridgehead atoms. The lowest BCUT2D eigenvalue weighted by Gasteiger charge is -2.36. The van der Waals surface area contributed by atoms with Gasteiger partial charge in [-0.3, -0.25) is 9.80 Å². The van der Waals surface area contributed by atoms with Gasteiger partial charge in [0.2, 0.25) is 0 Å². The van der Waals surface area contributed by atoms with Crippen molar-refractivity contribution in [1.82, 2.24) is 19.8 Å². The molecule has 5 rings (SSSR count). The zero-order valence-corrected chi connectivity index (χ0v) is 23.3. The minimum absolute atomic E-state index is 0.768. The maximum absolute atomic E-state index is 5.59. The Kier molecular flexibility index (Phi) is 8.97. The third-order valence-electron chi connectivity index (χ3n) is 6.85. The van der Waals surface area contributed by atoms with Crippen molar-refractivity contribution >= 4 is 44.5 Å². The molecule has 3 heterocycles. The molecule has 2 saturated heterocycles. The number of anilines is 1. The van der Waals surface area contributed by atoms with E-state index in [1.165, 1.54) is 13.0 Å². The van der Waals surface area contributed by atoms with Gasteiger partial charge in [-0.05, 0) is 49.8 Å². The predicted molar refractivity (Wildman–Crippen MR) is 150 cm³/mol. The van der Waals surface area contributed by atoms with E-state index in [1.807, 2.05) is 30.3 Å². The van der Waals surface area contributed by atoms with E-state index in [9.17, 15) is 0 Å². The summed E-state index contributed by atoms with van der Waals surface area (Å²) in [5, 5.41) is 0.983. The van der Waals surface area contributed by atoms with E-state index in [4.69, 9.17) is 19.4 Å². The first kappa shape index (κ1) is 25.7. The molecule has 2 fully saturated rings. The van der Waals surface area contributed by atoms with Gasteiger partial charge in [-0.15, -0.1) is 0 Å². The van der Waals surface area contributed by atoms with Gasteiger partial charge in [-0.25, -0.2) is 9.97 Å². The Hall–Kier alpha value is -1.91. The standard InChI is InChI=1S/C27H34BrN5O2S/c1-34-25-8-7-22(28)19-21(25)20-36-27-26(29-23-5-2-3-6-24(23)30-27)33-13-11-31(12-14-33)9-4-10-32-15-17-35-18-16-32/h2-3,5-8,19H,4,9-18,20H2,1H3. The van der Waals surface area contributed by atoms with E-state index in [0.29, 0.717) is 0 Å². The molecule has 2 aliphatic rings. The van der Waals surface area contributed by atoms with Crippen molar-refractivity contribution in [2.45, 2.75) is 17.2 Å². The summed E-state index contributed by atoms with van der Waals surface area (Å²) in [5.41, 5.74) is 3.03. The molecule has 0 N–H and O–H groups in total. The van der Waals surface area contributed by atoms with Crippen LogP contribution in [0.25, 0.3) is 11.0 Å². The Bertz CT molecular complexity index is 1150. The van der Waals surface area contributed by atoms with Gasteiger partial charge < -0.3 is 14.4 Å². The number of benzene rings is 2. The number of morpholine rings is 1. The summed E-state index contributed by atoms with van der Waals surface area (Å²) in [4.78, 5) is 17.7. The second kappa shape index (κ2) is 12.6. The quantitative estimate of drug-likeness (QED) is 0.347. The Balaban J connectivity index is 1.25. The number of hydrogen-bond donors (Lipinski definition) is 0. The number of fused-ring (bicyclic) bond motifs is 1. The lowest BCUT2D eigenvalue weighted by molar-refractivity contribution is 0.0360. The number of para-hydroxylation sites is 2. The van der Waals surface area contributed by atoms with Crippen molar-refractivity contribution in [3.05, 3.63) is 52.5 Å². The molecular weight excluding hydrogens is 538 g/mol. The number of hydrogen-bond acceptors (Lipinski definition) is 8. The van der Waals surface area contributed by atoms with E-state index >= 15 is 0 Å². The first-order valence-electron chi connectivity index (χ1n) is 12.7. The number of rotatable bonds is 9. The minimum Gasteiger partial charge on any atom is -0.496 e. The maximum atomic E-state index is 5.59. The van der Waals surface area contributed by atoms with E-state index < -0.39 is 0 Å². The minimum atomic E-state index is 0.768. The highest BCUT2D eigenvalue weighted by molar-refractivity contribution is 9.10. The van der Waals surface area contributed by atoms with Gasteiger partial charge in [-0.2, -0.15) is 0 Å². The maximum Gasteiger partial charge on any atom is 0.162 e. The van der Waals surface area contributed by atoms with E-state index in [2.05, 4.69) is 42.8 Å². The average molecular weight is 573 g/mol. The number of thioether (sulfide) groups is 1. The summed E-state index contributed by atoms with van der Waals surface area (Å²) in [5.74, 6) is 2.66. The number of methoxy groups -OCH3 is 1. The first-order chi connectivity index (χ1) is 17.7. The Morgan fingerprint density at radius 3 is 2.33 bits per heavy atom. The van der Waals surface area contributed by atoms with Crippen LogP contribution in [0.3, 0.4) is 0 Å². The van der Waals surface area contributed by atoms with Gasteiger partial charge >= 0.3 is 0 Å². The lowest BCUT2D eigenvalue weighted by atomic mass is 10.2. The highest BCUT2D eigenvalue weighted by Gasteiger charge is 2.22. The van der Waals surface area contributed by atoms with Crippen LogP contribution in [0.2, 0.25) is 0 Å². The fraction of sp³-hybridized carbons (Fsp3) is 0.481. The summed E-state index contributed by atoms with van der Waals surface area (Å²) >= 11 is 5.33. The van der Waals surface area contributed by atoms with Crippen LogP contribution in [0.15, 0.2) is 52.0 Å². The van der Waals surface area contributed by atoms with Crippen LogP contribution >= 0.6 is 27.7 Å². The number of piperazine rings is 1. The predicted octanol–water partition coefficient (Wildman–Crippen LogP) is 4.54. The Labute approximate surface area is 226 Å². The molecule has 2 aliphatic heterocycles. The summed E-state index contributed by atoms with van der Waals surface area (Å²) in [6.07, 6.45) is 1.21. The Morgan fingerprint density at radius 1 is 0.917 bits per heavy atom. The van der Waals surface area contributed by atoms with Crippen LogP contribution in [0.4, 0.5) is 5.82 Å². The molecule has 0 radical (unpaired) electrons. The highest BCUT2D eigenvalue weighted by Crippen LogP contribution is 2.34. The van der Waals surface area contributed by atoms with Gasteiger partial charge in [0.05, 0.1) is 31.4 Å². The molecule has 0 spiro atoms. The molecular formula is C27H34BrN5O2S. The van der Waals surface area contributed by atoms with Crippen molar-refractivity contribution in [3.63, 3.8) is 0 Å². The van der Waals surface area contributed by atoms with E-state index in [0.717, 1.165) is 102 Å². The highest BCUT2D eigenvalue weighted by atomic mass is 79.9. The SMILES string of the molecule is COc1ccc(Br)cc1CSc1nc2ccccc2nc1N1CCN(CCCN2CCOCC2)CC1. The molecule has 0 unspecified atom stereocenters. The molecule has 0 amide bonds. The summed E-state index contributed by atoms with van der Waals surface area (Å²) < 4.78 is 12.1. The van der Waals surface area contributed by atoms with Crippen LogP contribution in [0, 0.1) is 0 Å². The van der Waals surface area contributed by atoms with Gasteiger partial charge in [0.25, 0.3) is 0 Å². The second-order valence-electron chi connectivity index (χ2n) is 9.22. The Morgan fingerprint density at radius 2 is 1.61 bits per heavy atom. The molecule has 36 heavy (non-hydrogen) atoms. The zero-order valence-electron chi connectivity index (χ0n) is 20.9. The van der Waals surface area contributed by atoms with Gasteiger partial charge in [-0.1, -0.05) is 39.8 Å². The average Bonchev–Trinajstić information content (AvgIpc) is 2.92. The number of nitrogens with zero attached hydrogens (tertiary/aromatic N) is 5. The third kappa shape index (κ3) is 6.50. The topological polar surface area (TPSA) is 54.0 Å². The monoisotopic (exact) mass is 571 g/mol. The van der Waals surface area contributed by atoms with E-state index in [1.54, 1.807) is 18.9 Å². The fourth-order valence-corrected chi connectivity index (χ4v) is 6.20. The smallest absolute Gasteiger partial charge is 0.162 e. The van der Waals surface area contributed by atoms with Crippen molar-refractivity contribution in [3.8, 4) is 5.75 Å². The molecule has 0 atom stereocenters. The fourth-order valence-electron chi connectivity index (χ4n) is 4.81. The summed E-state index contributed by atoms with van der Waals surface area (Å²) in [6, 6.07) is 14.3. The molecule has 192 valence electrons. The van der Waals surface area contributed by atoms with Gasteiger partial charge in [0.1, 0.15) is 10.8 Å². The number of halogens is 1. The number of ether oxygens (including phenoxy) is 2. The second-order valence-corrected chi connectivity index (χ2v) is 11.1.